The number of rotatable bonds is 11. The van der Waals surface area contributed by atoms with E-state index in [4.69, 9.17) is 5.73 Å². The van der Waals surface area contributed by atoms with Gasteiger partial charge in [-0.2, -0.15) is 0 Å². The van der Waals surface area contributed by atoms with Crippen molar-refractivity contribution in [2.45, 2.75) is 39.5 Å². The molecule has 0 saturated heterocycles. The highest BCUT2D eigenvalue weighted by molar-refractivity contribution is 5.53. The van der Waals surface area contributed by atoms with E-state index in [1.807, 2.05) is 26.0 Å². The predicted molar refractivity (Wildman–Crippen MR) is 109 cm³/mol. The molecule has 0 aliphatic heterocycles. The Hall–Kier alpha value is -2.22. The normalized spacial score (nSPS) is 10.2. The molecule has 2 nitrogen and oxygen atoms in total. The summed E-state index contributed by atoms with van der Waals surface area (Å²) in [5.41, 5.74) is 12.3. The van der Waals surface area contributed by atoms with E-state index in [2.05, 4.69) is 43.3 Å². The standard InChI is InChI=1S/C22H32N2/c1-17(2)19(5)9-7-15-24(16-8-10-20(6)18(3)4)22-13-11-21(23)12-14-22/h11-14H,1,3,5-10,15-16,23H2,2,4H3. The van der Waals surface area contributed by atoms with Crippen LogP contribution in [0.4, 0.5) is 11.4 Å². The molecule has 0 unspecified atom stereocenters. The molecule has 130 valence electrons. The van der Waals surface area contributed by atoms with Gasteiger partial charge in [0.05, 0.1) is 0 Å². The van der Waals surface area contributed by atoms with Gasteiger partial charge in [0.1, 0.15) is 0 Å². The Morgan fingerprint density at radius 3 is 1.62 bits per heavy atom. The molecule has 0 aliphatic rings. The Kier molecular flexibility index (Phi) is 8.11. The predicted octanol–water partition coefficient (Wildman–Crippen LogP) is 5.90. The van der Waals surface area contributed by atoms with E-state index < -0.39 is 0 Å². The molecule has 24 heavy (non-hydrogen) atoms. The van der Waals surface area contributed by atoms with E-state index in [0.717, 1.165) is 66.8 Å². The third-order valence-corrected chi connectivity index (χ3v) is 4.28. The van der Waals surface area contributed by atoms with Gasteiger partial charge in [-0.3, -0.25) is 0 Å². The molecule has 0 spiro atoms. The van der Waals surface area contributed by atoms with Crippen LogP contribution in [0, 0.1) is 0 Å². The zero-order valence-corrected chi connectivity index (χ0v) is 15.4. The number of benzene rings is 1. The molecule has 0 radical (unpaired) electrons. The lowest BCUT2D eigenvalue weighted by molar-refractivity contribution is 0.692. The molecule has 0 heterocycles. The van der Waals surface area contributed by atoms with Gasteiger partial charge in [-0.05, 0) is 63.8 Å². The van der Waals surface area contributed by atoms with E-state index in [1.54, 1.807) is 0 Å². The fourth-order valence-electron chi connectivity index (χ4n) is 2.45. The lowest BCUT2D eigenvalue weighted by atomic mass is 10.0. The first-order valence-electron chi connectivity index (χ1n) is 8.59. The zero-order valence-electron chi connectivity index (χ0n) is 15.4. The topological polar surface area (TPSA) is 29.3 Å². The first kappa shape index (κ1) is 19.8. The molecule has 1 rings (SSSR count). The Morgan fingerprint density at radius 2 is 1.25 bits per heavy atom. The summed E-state index contributed by atoms with van der Waals surface area (Å²) in [7, 11) is 0. The van der Waals surface area contributed by atoms with Gasteiger partial charge in [0.25, 0.3) is 0 Å². The summed E-state index contributed by atoms with van der Waals surface area (Å²) in [4.78, 5) is 2.41. The van der Waals surface area contributed by atoms with Gasteiger partial charge in [-0.15, -0.1) is 0 Å². The summed E-state index contributed by atoms with van der Waals surface area (Å²) in [6.45, 7) is 22.1. The van der Waals surface area contributed by atoms with E-state index in [1.165, 1.54) is 5.69 Å². The molecule has 0 saturated carbocycles. The van der Waals surface area contributed by atoms with Crippen LogP contribution in [-0.2, 0) is 0 Å². The molecule has 0 aromatic heterocycles. The molecular weight excluding hydrogens is 292 g/mol. The third-order valence-electron chi connectivity index (χ3n) is 4.28. The first-order valence-corrected chi connectivity index (χ1v) is 8.59. The fourth-order valence-corrected chi connectivity index (χ4v) is 2.45. The Labute approximate surface area is 148 Å². The molecule has 0 amide bonds. The van der Waals surface area contributed by atoms with Crippen molar-refractivity contribution >= 4 is 11.4 Å². The maximum Gasteiger partial charge on any atom is 0.0367 e. The van der Waals surface area contributed by atoms with E-state index in [0.29, 0.717) is 0 Å². The highest BCUT2D eigenvalue weighted by Gasteiger charge is 2.08. The molecule has 0 bridgehead atoms. The largest absolute Gasteiger partial charge is 0.399 e. The average Bonchev–Trinajstić information content (AvgIpc) is 2.53. The summed E-state index contributed by atoms with van der Waals surface area (Å²) in [6.07, 6.45) is 4.10. The molecule has 1 aromatic rings. The summed E-state index contributed by atoms with van der Waals surface area (Å²) in [5.74, 6) is 0. The molecule has 0 atom stereocenters. The lowest BCUT2D eigenvalue weighted by Gasteiger charge is -2.25. The number of nitrogens with zero attached hydrogens (tertiary/aromatic N) is 1. The molecule has 1 aromatic carbocycles. The lowest BCUT2D eigenvalue weighted by Crippen LogP contribution is -2.25. The summed E-state index contributed by atoms with van der Waals surface area (Å²) in [6, 6.07) is 8.11. The van der Waals surface area contributed by atoms with Gasteiger partial charge in [0.15, 0.2) is 0 Å². The second-order valence-corrected chi connectivity index (χ2v) is 6.55. The number of nitrogens with two attached hydrogens (primary N) is 1. The minimum atomic E-state index is 0.796. The number of allylic oxidation sites excluding steroid dienone is 4. The van der Waals surface area contributed by atoms with Crippen molar-refractivity contribution in [3.63, 3.8) is 0 Å². The first-order chi connectivity index (χ1) is 11.3. The Morgan fingerprint density at radius 1 is 0.833 bits per heavy atom. The van der Waals surface area contributed by atoms with Crippen LogP contribution in [0.1, 0.15) is 39.5 Å². The van der Waals surface area contributed by atoms with E-state index in [-0.39, 0.29) is 0 Å². The summed E-state index contributed by atoms with van der Waals surface area (Å²) in [5, 5.41) is 0. The Bertz CT molecular complexity index is 561. The monoisotopic (exact) mass is 324 g/mol. The second kappa shape index (κ2) is 9.82. The van der Waals surface area contributed by atoms with Gasteiger partial charge in [0, 0.05) is 24.5 Å². The van der Waals surface area contributed by atoms with Crippen molar-refractivity contribution in [2.75, 3.05) is 23.7 Å². The van der Waals surface area contributed by atoms with Crippen LogP contribution in [0.3, 0.4) is 0 Å². The van der Waals surface area contributed by atoms with Crippen molar-refractivity contribution in [3.05, 3.63) is 72.9 Å². The van der Waals surface area contributed by atoms with Crippen molar-refractivity contribution in [3.8, 4) is 0 Å². The quantitative estimate of drug-likeness (QED) is 0.405. The number of nitrogen functional groups attached to an aromatic ring is 1. The number of anilines is 2. The van der Waals surface area contributed by atoms with Gasteiger partial charge in [0.2, 0.25) is 0 Å². The minimum absolute atomic E-state index is 0.796. The summed E-state index contributed by atoms with van der Waals surface area (Å²) >= 11 is 0. The fraction of sp³-hybridized carbons (Fsp3) is 0.364. The number of hydrogen-bond donors (Lipinski definition) is 1. The van der Waals surface area contributed by atoms with Crippen molar-refractivity contribution in [1.29, 1.82) is 0 Å². The van der Waals surface area contributed by atoms with E-state index in [9.17, 15) is 0 Å². The Balaban J connectivity index is 2.63. The summed E-state index contributed by atoms with van der Waals surface area (Å²) < 4.78 is 0. The van der Waals surface area contributed by atoms with Crippen LogP contribution in [0.5, 0.6) is 0 Å². The maximum absolute atomic E-state index is 5.81. The smallest absolute Gasteiger partial charge is 0.0367 e. The van der Waals surface area contributed by atoms with E-state index >= 15 is 0 Å². The van der Waals surface area contributed by atoms with Crippen LogP contribution < -0.4 is 10.6 Å². The van der Waals surface area contributed by atoms with Crippen LogP contribution >= 0.6 is 0 Å². The van der Waals surface area contributed by atoms with Crippen LogP contribution in [-0.4, -0.2) is 13.1 Å². The van der Waals surface area contributed by atoms with Crippen LogP contribution in [0.25, 0.3) is 0 Å². The van der Waals surface area contributed by atoms with Gasteiger partial charge in [-0.1, -0.05) is 48.6 Å². The van der Waals surface area contributed by atoms with Gasteiger partial charge in [-0.25, -0.2) is 0 Å². The second-order valence-electron chi connectivity index (χ2n) is 6.55. The number of hydrogen-bond acceptors (Lipinski definition) is 2. The highest BCUT2D eigenvalue weighted by atomic mass is 15.1. The zero-order chi connectivity index (χ0) is 18.1. The molecular formula is C22H32N2. The third kappa shape index (κ3) is 6.91. The van der Waals surface area contributed by atoms with Crippen molar-refractivity contribution in [1.82, 2.24) is 0 Å². The minimum Gasteiger partial charge on any atom is -0.399 e. The van der Waals surface area contributed by atoms with Crippen molar-refractivity contribution in [2.24, 2.45) is 0 Å². The van der Waals surface area contributed by atoms with Crippen LogP contribution in [0.15, 0.2) is 72.9 Å². The van der Waals surface area contributed by atoms with Crippen molar-refractivity contribution < 1.29 is 0 Å². The maximum atomic E-state index is 5.81. The van der Waals surface area contributed by atoms with Gasteiger partial charge >= 0.3 is 0 Å². The molecule has 2 heteroatoms. The van der Waals surface area contributed by atoms with Crippen LogP contribution in [0.2, 0.25) is 0 Å². The van der Waals surface area contributed by atoms with Gasteiger partial charge < -0.3 is 10.6 Å². The highest BCUT2D eigenvalue weighted by Crippen LogP contribution is 2.20. The SMILES string of the molecule is C=C(C)C(=C)CCCN(CCCC(=C)C(=C)C)c1ccc(N)cc1. The molecule has 2 N–H and O–H groups in total. The average molecular weight is 325 g/mol. The molecule has 0 fully saturated rings. The molecule has 0 aliphatic carbocycles.